The predicted octanol–water partition coefficient (Wildman–Crippen LogP) is 0.0372. The van der Waals surface area contributed by atoms with Crippen molar-refractivity contribution in [3.63, 3.8) is 0 Å². The molecule has 3 heterocycles. The molecule has 20 heteroatoms. The fourth-order valence-electron chi connectivity index (χ4n) is 6.08. The van der Waals surface area contributed by atoms with Crippen LogP contribution in [0.4, 0.5) is 0 Å². The molecule has 9 N–H and O–H groups in total. The van der Waals surface area contributed by atoms with Gasteiger partial charge in [0.05, 0.1) is 7.11 Å². The quantitative estimate of drug-likeness (QED) is 0.0714. The number of aliphatic carboxylic acids is 2. The summed E-state index contributed by atoms with van der Waals surface area (Å²) < 4.78 is 38.4. The highest BCUT2D eigenvalue weighted by Crippen LogP contribution is 2.34. The van der Waals surface area contributed by atoms with Gasteiger partial charge < -0.3 is 78.8 Å². The maximum atomic E-state index is 12.9. The van der Waals surface area contributed by atoms with E-state index < -0.39 is 90.5 Å². The lowest BCUT2D eigenvalue weighted by atomic mass is 9.96. The molecule has 20 nitrogen and oxygen atoms in total. The molecule has 6 rings (SSSR count). The van der Waals surface area contributed by atoms with Gasteiger partial charge in [0.15, 0.2) is 47.6 Å². The van der Waals surface area contributed by atoms with E-state index in [2.05, 4.69) is 0 Å². The molecule has 2 aliphatic heterocycles. The number of aromatic hydroxyl groups is 3. The smallest absolute Gasteiger partial charge is 0.335 e. The highest BCUT2D eigenvalue weighted by Gasteiger charge is 2.55. The first-order chi connectivity index (χ1) is 27.1. The Morgan fingerprint density at radius 3 is 2.00 bits per heavy atom. The largest absolute Gasteiger partial charge is 0.508 e. The second-order valence-electron chi connectivity index (χ2n) is 12.7. The van der Waals surface area contributed by atoms with Crippen LogP contribution in [0.3, 0.4) is 0 Å². The third-order valence-corrected chi connectivity index (χ3v) is 8.92. The average Bonchev–Trinajstić information content (AvgIpc) is 3.16. The lowest BCUT2D eigenvalue weighted by Gasteiger charge is -2.45. The van der Waals surface area contributed by atoms with Gasteiger partial charge in [0.2, 0.25) is 6.29 Å². The number of hydrogen-bond donors (Lipinski definition) is 9. The summed E-state index contributed by atoms with van der Waals surface area (Å²) in [5.41, 5.74) is -0.117. The fraction of sp³-hybridized carbons (Fsp3) is 0.297. The van der Waals surface area contributed by atoms with Gasteiger partial charge in [-0.1, -0.05) is 6.07 Å². The highest BCUT2D eigenvalue weighted by atomic mass is 16.8. The summed E-state index contributed by atoms with van der Waals surface area (Å²) in [4.78, 5) is 49.6. The van der Waals surface area contributed by atoms with E-state index in [1.807, 2.05) is 0 Å². The molecule has 2 saturated heterocycles. The number of carbonyl (C=O) groups is 3. The molecular weight excluding hydrogens is 764 g/mol. The van der Waals surface area contributed by atoms with E-state index in [1.54, 1.807) is 0 Å². The van der Waals surface area contributed by atoms with Crippen LogP contribution in [-0.2, 0) is 33.3 Å². The molecule has 1 aromatic heterocycles. The van der Waals surface area contributed by atoms with Gasteiger partial charge >= 0.3 is 17.9 Å². The number of benzene rings is 3. The molecule has 3 aromatic carbocycles. The Hall–Kier alpha value is -6.26. The van der Waals surface area contributed by atoms with Crippen LogP contribution < -0.4 is 14.9 Å². The first kappa shape index (κ1) is 40.4. The molecule has 0 amide bonds. The van der Waals surface area contributed by atoms with E-state index in [4.69, 9.17) is 32.8 Å². The summed E-state index contributed by atoms with van der Waals surface area (Å²) in [6.07, 6.45) is -19.0. The molecule has 4 aromatic rings. The van der Waals surface area contributed by atoms with Crippen LogP contribution in [0.25, 0.3) is 28.4 Å². The molecule has 0 spiro atoms. The predicted molar refractivity (Wildman–Crippen MR) is 187 cm³/mol. The molecule has 2 fully saturated rings. The molecule has 2 aliphatic rings. The van der Waals surface area contributed by atoms with Gasteiger partial charge in [-0.25, -0.2) is 14.4 Å². The summed E-state index contributed by atoms with van der Waals surface area (Å²) in [7, 11) is 1.30. The zero-order valence-electron chi connectivity index (χ0n) is 29.2. The molecule has 0 aliphatic carbocycles. The van der Waals surface area contributed by atoms with Crippen molar-refractivity contribution in [2.24, 2.45) is 0 Å². The topological polar surface area (TPSA) is 319 Å². The van der Waals surface area contributed by atoms with Crippen molar-refractivity contribution in [3.8, 4) is 40.1 Å². The van der Waals surface area contributed by atoms with Gasteiger partial charge in [-0.05, 0) is 48.0 Å². The number of phenolic OH excluding ortho intramolecular Hbond substituents is 3. The van der Waals surface area contributed by atoms with Crippen LogP contribution in [-0.4, -0.2) is 132 Å². The van der Waals surface area contributed by atoms with E-state index in [9.17, 15) is 65.1 Å². The summed E-state index contributed by atoms with van der Waals surface area (Å²) in [6.45, 7) is 0. The number of aliphatic hydroxyl groups excluding tert-OH is 4. The minimum Gasteiger partial charge on any atom is -0.508 e. The Morgan fingerprint density at radius 1 is 0.737 bits per heavy atom. The Morgan fingerprint density at radius 2 is 1.37 bits per heavy atom. The van der Waals surface area contributed by atoms with Crippen molar-refractivity contribution < 1.29 is 93.2 Å². The van der Waals surface area contributed by atoms with Crippen LogP contribution >= 0.6 is 0 Å². The summed E-state index contributed by atoms with van der Waals surface area (Å²) in [5.74, 6) is -5.75. The van der Waals surface area contributed by atoms with Crippen LogP contribution in [0.5, 0.6) is 28.7 Å². The number of methoxy groups -OCH3 is 1. The number of phenols is 3. The Labute approximate surface area is 319 Å². The molecule has 10 atom stereocenters. The van der Waals surface area contributed by atoms with Crippen LogP contribution in [0, 0.1) is 0 Å². The van der Waals surface area contributed by atoms with Crippen molar-refractivity contribution in [1.82, 2.24) is 0 Å². The van der Waals surface area contributed by atoms with Gasteiger partial charge in [0.25, 0.3) is 0 Å². The number of hydrogen-bond acceptors (Lipinski definition) is 18. The van der Waals surface area contributed by atoms with E-state index >= 15 is 0 Å². The van der Waals surface area contributed by atoms with E-state index in [-0.39, 0.29) is 45.3 Å². The lowest BCUT2D eigenvalue weighted by Crippen LogP contribution is -2.66. The minimum atomic E-state index is -2.19. The van der Waals surface area contributed by atoms with Crippen molar-refractivity contribution in [2.75, 3.05) is 7.11 Å². The Kier molecular flexibility index (Phi) is 11.7. The fourth-order valence-corrected chi connectivity index (χ4v) is 6.08. The lowest BCUT2D eigenvalue weighted by molar-refractivity contribution is -0.350. The van der Waals surface area contributed by atoms with Crippen molar-refractivity contribution >= 4 is 35.0 Å². The molecule has 0 radical (unpaired) electrons. The normalized spacial score (nSPS) is 27.5. The van der Waals surface area contributed by atoms with Crippen molar-refractivity contribution in [3.05, 3.63) is 82.5 Å². The SMILES string of the molecule is COc1cc(C=CC(=O)OC2C(OC3C(Oc4ccc(-c5cc(=O)c6c(O)cc(O)cc6o5)cc4)OC(C(=O)O)C(O)C3O)OC(C(=O)O)C(O)C2O)ccc1O. The van der Waals surface area contributed by atoms with Crippen molar-refractivity contribution in [2.45, 2.75) is 61.4 Å². The molecule has 10 unspecified atom stereocenters. The maximum Gasteiger partial charge on any atom is 0.335 e. The third-order valence-electron chi connectivity index (χ3n) is 8.92. The van der Waals surface area contributed by atoms with Crippen molar-refractivity contribution in [1.29, 1.82) is 0 Å². The van der Waals surface area contributed by atoms with E-state index in [0.717, 1.165) is 24.3 Å². The number of esters is 1. The summed E-state index contributed by atoms with van der Waals surface area (Å²) in [5, 5.41) is 92.2. The number of rotatable bonds is 11. The Bertz CT molecular complexity index is 2230. The Balaban J connectivity index is 1.27. The van der Waals surface area contributed by atoms with Crippen LogP contribution in [0.1, 0.15) is 5.56 Å². The zero-order valence-corrected chi connectivity index (χ0v) is 29.2. The standard InChI is InChI=1S/C37H34O20/c1-51-22-10-14(2-8-18(22)39)3-9-24(42)54-32-28(45)26(43)31(35(49)50)56-37(32)57-33-29(46)27(44)30(34(47)48)55-36(33)52-17-6-4-15(5-7-17)21-13-20(41)25-19(40)11-16(38)12-23(25)53-21/h2-13,26-33,36-40,43-46H,1H3,(H,47,48)(H,49,50). The summed E-state index contributed by atoms with van der Waals surface area (Å²) >= 11 is 0. The molecule has 302 valence electrons. The molecule has 0 bridgehead atoms. The zero-order chi connectivity index (χ0) is 41.3. The minimum absolute atomic E-state index is 0.00469. The van der Waals surface area contributed by atoms with Gasteiger partial charge in [0.1, 0.15) is 58.4 Å². The second kappa shape index (κ2) is 16.5. The average molecular weight is 799 g/mol. The third kappa shape index (κ3) is 8.46. The number of fused-ring (bicyclic) bond motifs is 1. The van der Waals surface area contributed by atoms with Gasteiger partial charge in [-0.2, -0.15) is 0 Å². The monoisotopic (exact) mass is 798 g/mol. The van der Waals surface area contributed by atoms with E-state index in [1.165, 1.54) is 55.7 Å². The number of carboxylic acids is 2. The molecule has 57 heavy (non-hydrogen) atoms. The number of carboxylic acid groups (broad SMARTS) is 2. The second-order valence-corrected chi connectivity index (χ2v) is 12.7. The number of ether oxygens (including phenoxy) is 6. The van der Waals surface area contributed by atoms with Gasteiger partial charge in [0, 0.05) is 29.8 Å². The van der Waals surface area contributed by atoms with Gasteiger partial charge in [-0.3, -0.25) is 4.79 Å². The molecular formula is C37H34O20. The van der Waals surface area contributed by atoms with Crippen LogP contribution in [0.15, 0.2) is 76.0 Å². The van der Waals surface area contributed by atoms with Crippen LogP contribution in [0.2, 0.25) is 0 Å². The first-order valence-corrected chi connectivity index (χ1v) is 16.7. The van der Waals surface area contributed by atoms with E-state index in [0.29, 0.717) is 5.56 Å². The maximum absolute atomic E-state index is 12.9. The molecule has 0 saturated carbocycles. The summed E-state index contributed by atoms with van der Waals surface area (Å²) in [6, 6.07) is 12.6. The number of carbonyl (C=O) groups excluding carboxylic acids is 1. The number of aliphatic hydroxyl groups is 4. The first-order valence-electron chi connectivity index (χ1n) is 16.7. The highest BCUT2D eigenvalue weighted by molar-refractivity contribution is 5.87. The van der Waals surface area contributed by atoms with Gasteiger partial charge in [-0.15, -0.1) is 0 Å².